The number of carbonyl (C=O) groups is 2. The number of methoxy groups -OCH3 is 1. The predicted molar refractivity (Wildman–Crippen MR) is 89.5 cm³/mol. The molecule has 4 rings (SSSR count). The normalized spacial score (nSPS) is 14.5. The molecule has 26 heavy (non-hydrogen) atoms. The van der Waals surface area contributed by atoms with E-state index in [0.29, 0.717) is 28.2 Å². The molecule has 0 radical (unpaired) electrons. The van der Waals surface area contributed by atoms with Crippen molar-refractivity contribution in [2.75, 3.05) is 7.11 Å². The van der Waals surface area contributed by atoms with Crippen LogP contribution in [0.5, 0.6) is 28.7 Å². The summed E-state index contributed by atoms with van der Waals surface area (Å²) in [5.74, 6) is -0.359. The molecule has 2 aliphatic heterocycles. The van der Waals surface area contributed by atoms with Crippen molar-refractivity contribution >= 4 is 11.9 Å². The van der Waals surface area contributed by atoms with Crippen LogP contribution in [-0.2, 0) is 11.3 Å². The van der Waals surface area contributed by atoms with Crippen LogP contribution < -0.4 is 14.2 Å². The van der Waals surface area contributed by atoms with Crippen LogP contribution in [0.3, 0.4) is 0 Å². The fraction of sp³-hybridized carbons (Fsp3) is 0.263. The van der Waals surface area contributed by atoms with Gasteiger partial charge in [-0.1, -0.05) is 0 Å². The molecule has 0 amide bonds. The van der Waals surface area contributed by atoms with Crippen LogP contribution in [0.15, 0.2) is 6.07 Å². The molecular formula is C19H16O7. The van der Waals surface area contributed by atoms with Gasteiger partial charge in [-0.05, 0) is 32.4 Å². The first-order valence-corrected chi connectivity index (χ1v) is 7.98. The maximum absolute atomic E-state index is 12.7. The van der Waals surface area contributed by atoms with Gasteiger partial charge < -0.3 is 24.1 Å². The summed E-state index contributed by atoms with van der Waals surface area (Å²) in [6, 6.07) is 1.73. The number of aromatic hydroxyl groups is 1. The summed E-state index contributed by atoms with van der Waals surface area (Å²) in [4.78, 5) is 24.7. The third kappa shape index (κ3) is 2.00. The van der Waals surface area contributed by atoms with Gasteiger partial charge in [0.15, 0.2) is 11.5 Å². The van der Waals surface area contributed by atoms with E-state index in [0.717, 1.165) is 0 Å². The number of carbonyl (C=O) groups excluding carboxylic acids is 2. The van der Waals surface area contributed by atoms with E-state index in [1.54, 1.807) is 26.8 Å². The number of benzene rings is 2. The second kappa shape index (κ2) is 5.39. The Bertz CT molecular complexity index is 1000. The van der Waals surface area contributed by atoms with Crippen LogP contribution in [0.1, 0.15) is 43.0 Å². The molecule has 2 aromatic rings. The third-order valence-electron chi connectivity index (χ3n) is 4.77. The molecule has 0 unspecified atom stereocenters. The fourth-order valence-electron chi connectivity index (χ4n) is 3.35. The number of phenolic OH excluding ortho intramolecular Hbond substituents is 1. The number of cyclic esters (lactones) is 1. The lowest BCUT2D eigenvalue weighted by molar-refractivity contribution is 0.0532. The van der Waals surface area contributed by atoms with E-state index in [2.05, 4.69) is 0 Å². The highest BCUT2D eigenvalue weighted by atomic mass is 16.6. The average Bonchev–Trinajstić information content (AvgIpc) is 2.91. The smallest absolute Gasteiger partial charge is 0.347 e. The molecule has 0 saturated carbocycles. The SMILES string of the molecule is COc1cc(C)c2c(c1C)Oc1c3c(c(O)c(C)c1OC2=O)C(=O)OC3. The highest BCUT2D eigenvalue weighted by Crippen LogP contribution is 2.51. The summed E-state index contributed by atoms with van der Waals surface area (Å²) in [7, 11) is 1.53. The van der Waals surface area contributed by atoms with Crippen molar-refractivity contribution in [3.8, 4) is 28.7 Å². The summed E-state index contributed by atoms with van der Waals surface area (Å²) in [6.45, 7) is 5.00. The van der Waals surface area contributed by atoms with Gasteiger partial charge in [0.25, 0.3) is 0 Å². The zero-order valence-corrected chi connectivity index (χ0v) is 14.7. The Balaban J connectivity index is 2.05. The molecule has 7 nitrogen and oxygen atoms in total. The Morgan fingerprint density at radius 2 is 1.69 bits per heavy atom. The number of hydrogen-bond donors (Lipinski definition) is 1. The molecule has 7 heteroatoms. The lowest BCUT2D eigenvalue weighted by Crippen LogP contribution is -2.11. The highest BCUT2D eigenvalue weighted by molar-refractivity contribution is 6.01. The van der Waals surface area contributed by atoms with Gasteiger partial charge in [0.2, 0.25) is 0 Å². The molecule has 0 aromatic heterocycles. The van der Waals surface area contributed by atoms with Crippen molar-refractivity contribution in [3.05, 3.63) is 39.4 Å². The van der Waals surface area contributed by atoms with E-state index in [-0.39, 0.29) is 40.5 Å². The van der Waals surface area contributed by atoms with E-state index in [1.807, 2.05) is 0 Å². The van der Waals surface area contributed by atoms with Gasteiger partial charge in [-0.2, -0.15) is 0 Å². The molecule has 0 aliphatic carbocycles. The van der Waals surface area contributed by atoms with Gasteiger partial charge in [0.05, 0.1) is 12.7 Å². The van der Waals surface area contributed by atoms with Gasteiger partial charge >= 0.3 is 11.9 Å². The largest absolute Gasteiger partial charge is 0.507 e. The van der Waals surface area contributed by atoms with E-state index < -0.39 is 11.9 Å². The Hall–Kier alpha value is -3.22. The predicted octanol–water partition coefficient (Wildman–Crippen LogP) is 3.32. The average molecular weight is 356 g/mol. The molecule has 0 fully saturated rings. The molecule has 0 saturated heterocycles. The van der Waals surface area contributed by atoms with Gasteiger partial charge in [0, 0.05) is 11.1 Å². The fourth-order valence-corrected chi connectivity index (χ4v) is 3.35. The Morgan fingerprint density at radius 1 is 0.962 bits per heavy atom. The van der Waals surface area contributed by atoms with Crippen molar-refractivity contribution in [3.63, 3.8) is 0 Å². The van der Waals surface area contributed by atoms with Gasteiger partial charge in [-0.3, -0.25) is 0 Å². The standard InChI is InChI=1S/C19H16O7/c1-7-5-11(23-4)8(2)15-12(7)19(22)26-16-9(3)14(20)13-10(17(16)25-15)6-24-18(13)21/h5,20H,6H2,1-4H3. The maximum atomic E-state index is 12.7. The number of aryl methyl sites for hydroxylation is 1. The molecular weight excluding hydrogens is 340 g/mol. The van der Waals surface area contributed by atoms with E-state index >= 15 is 0 Å². The number of rotatable bonds is 1. The zero-order valence-electron chi connectivity index (χ0n) is 14.7. The number of fused-ring (bicyclic) bond motifs is 4. The summed E-state index contributed by atoms with van der Waals surface area (Å²) >= 11 is 0. The molecule has 2 aliphatic rings. The summed E-state index contributed by atoms with van der Waals surface area (Å²) in [6.07, 6.45) is 0. The minimum absolute atomic E-state index is 0.0398. The van der Waals surface area contributed by atoms with Crippen LogP contribution in [-0.4, -0.2) is 24.2 Å². The number of ether oxygens (including phenoxy) is 4. The van der Waals surface area contributed by atoms with Gasteiger partial charge in [-0.15, -0.1) is 0 Å². The molecule has 0 atom stereocenters. The number of esters is 2. The van der Waals surface area contributed by atoms with Crippen molar-refractivity contribution < 1.29 is 33.6 Å². The van der Waals surface area contributed by atoms with E-state index in [4.69, 9.17) is 18.9 Å². The Labute approximate surface area is 149 Å². The van der Waals surface area contributed by atoms with Crippen molar-refractivity contribution in [1.29, 1.82) is 0 Å². The Kier molecular flexibility index (Phi) is 3.37. The minimum atomic E-state index is -0.638. The zero-order chi connectivity index (χ0) is 18.7. The minimum Gasteiger partial charge on any atom is -0.507 e. The quantitative estimate of drug-likeness (QED) is 0.619. The van der Waals surface area contributed by atoms with Crippen LogP contribution in [0.2, 0.25) is 0 Å². The summed E-state index contributed by atoms with van der Waals surface area (Å²) < 4.78 is 22.0. The monoisotopic (exact) mass is 356 g/mol. The number of phenols is 1. The van der Waals surface area contributed by atoms with Crippen molar-refractivity contribution in [2.24, 2.45) is 0 Å². The lowest BCUT2D eigenvalue weighted by atomic mass is 10.0. The van der Waals surface area contributed by atoms with Gasteiger partial charge in [0.1, 0.15) is 35.0 Å². The van der Waals surface area contributed by atoms with Crippen LogP contribution in [0, 0.1) is 20.8 Å². The summed E-state index contributed by atoms with van der Waals surface area (Å²) in [5, 5.41) is 10.4. The summed E-state index contributed by atoms with van der Waals surface area (Å²) in [5.41, 5.74) is 2.17. The molecule has 2 heterocycles. The molecule has 134 valence electrons. The van der Waals surface area contributed by atoms with E-state index in [9.17, 15) is 14.7 Å². The Morgan fingerprint density at radius 3 is 2.38 bits per heavy atom. The second-order valence-electron chi connectivity index (χ2n) is 6.28. The molecule has 2 aromatic carbocycles. The van der Waals surface area contributed by atoms with E-state index in [1.165, 1.54) is 7.11 Å². The van der Waals surface area contributed by atoms with Crippen LogP contribution >= 0.6 is 0 Å². The second-order valence-corrected chi connectivity index (χ2v) is 6.28. The molecule has 0 spiro atoms. The van der Waals surface area contributed by atoms with Crippen LogP contribution in [0.25, 0.3) is 0 Å². The first kappa shape index (κ1) is 16.3. The first-order chi connectivity index (χ1) is 12.3. The lowest BCUT2D eigenvalue weighted by Gasteiger charge is -2.16. The maximum Gasteiger partial charge on any atom is 0.347 e. The molecule has 1 N–H and O–H groups in total. The van der Waals surface area contributed by atoms with Gasteiger partial charge in [-0.25, -0.2) is 9.59 Å². The van der Waals surface area contributed by atoms with Crippen LogP contribution in [0.4, 0.5) is 0 Å². The molecule has 0 bridgehead atoms. The third-order valence-corrected chi connectivity index (χ3v) is 4.77. The first-order valence-electron chi connectivity index (χ1n) is 7.98. The topological polar surface area (TPSA) is 91.3 Å². The number of hydrogen-bond acceptors (Lipinski definition) is 7. The van der Waals surface area contributed by atoms with Crippen molar-refractivity contribution in [1.82, 2.24) is 0 Å². The van der Waals surface area contributed by atoms with Crippen molar-refractivity contribution in [2.45, 2.75) is 27.4 Å². The highest BCUT2D eigenvalue weighted by Gasteiger charge is 2.38.